The molecule has 0 aromatic heterocycles. The van der Waals surface area contributed by atoms with Crippen LogP contribution in [-0.4, -0.2) is 60.3 Å². The van der Waals surface area contributed by atoms with Gasteiger partial charge in [0.2, 0.25) is 17.4 Å². The minimum atomic E-state index is -1.33. The fraction of sp³-hybridized carbons (Fsp3) is 0.679. The van der Waals surface area contributed by atoms with E-state index in [1.54, 1.807) is 43.9 Å². The zero-order valence-corrected chi connectivity index (χ0v) is 23.2. The van der Waals surface area contributed by atoms with E-state index in [2.05, 4.69) is 12.2 Å². The molecule has 0 radical (unpaired) electrons. The molecule has 9 nitrogen and oxygen atoms in total. The number of unbranched alkanes of at least 4 members (excludes halogenated alkanes) is 1. The third kappa shape index (κ3) is 8.43. The summed E-state index contributed by atoms with van der Waals surface area (Å²) < 4.78 is 11.2. The van der Waals surface area contributed by atoms with Crippen LogP contribution >= 0.6 is 0 Å². The van der Waals surface area contributed by atoms with Crippen LogP contribution in [-0.2, 0) is 19.1 Å². The van der Waals surface area contributed by atoms with Crippen LogP contribution in [0.25, 0.3) is 0 Å². The van der Waals surface area contributed by atoms with Gasteiger partial charge in [0.05, 0.1) is 24.9 Å². The molecule has 2 rings (SSSR count). The molecule has 0 fully saturated rings. The van der Waals surface area contributed by atoms with Gasteiger partial charge in [-0.25, -0.2) is 4.79 Å². The van der Waals surface area contributed by atoms with Gasteiger partial charge in [-0.05, 0) is 50.7 Å². The average molecular weight is 520 g/mol. The van der Waals surface area contributed by atoms with Crippen LogP contribution in [0.15, 0.2) is 24.3 Å². The molecule has 9 heteroatoms. The number of carbonyl (C=O) groups excluding carboxylic acids is 3. The third-order valence-corrected chi connectivity index (χ3v) is 6.74. The molecule has 0 saturated carbocycles. The predicted molar refractivity (Wildman–Crippen MR) is 143 cm³/mol. The van der Waals surface area contributed by atoms with Gasteiger partial charge in [0.1, 0.15) is 5.75 Å². The number of aliphatic hydroxyl groups is 1. The first-order chi connectivity index (χ1) is 17.3. The highest BCUT2D eigenvalue weighted by molar-refractivity contribution is 5.97. The van der Waals surface area contributed by atoms with Crippen molar-refractivity contribution in [3.05, 3.63) is 24.3 Å². The lowest BCUT2D eigenvalue weighted by Crippen LogP contribution is -2.56. The molecule has 0 aliphatic carbocycles. The number of amides is 2. The van der Waals surface area contributed by atoms with Crippen molar-refractivity contribution in [1.82, 2.24) is 5.32 Å². The number of carbonyl (C=O) groups is 3. The molecule has 1 aliphatic heterocycles. The van der Waals surface area contributed by atoms with Gasteiger partial charge in [-0.2, -0.15) is 0 Å². The summed E-state index contributed by atoms with van der Waals surface area (Å²) in [6, 6.07) is 6.51. The number of fused-ring (bicyclic) bond motifs is 1. The van der Waals surface area contributed by atoms with Crippen LogP contribution in [0.3, 0.4) is 0 Å². The zero-order valence-electron chi connectivity index (χ0n) is 23.2. The van der Waals surface area contributed by atoms with Crippen LogP contribution in [0.5, 0.6) is 5.75 Å². The highest BCUT2D eigenvalue weighted by Gasteiger charge is 2.46. The fourth-order valence-electron chi connectivity index (χ4n) is 4.60. The van der Waals surface area contributed by atoms with E-state index in [-0.39, 0.29) is 43.7 Å². The van der Waals surface area contributed by atoms with Crippen LogP contribution in [0.4, 0.5) is 5.69 Å². The fourth-order valence-corrected chi connectivity index (χ4v) is 4.60. The van der Waals surface area contributed by atoms with Gasteiger partial charge in [-0.3, -0.25) is 9.59 Å². The summed E-state index contributed by atoms with van der Waals surface area (Å²) in [7, 11) is 0. The Bertz CT molecular complexity index is 936. The molecular weight excluding hydrogens is 474 g/mol. The number of hydrogen-bond acceptors (Lipinski definition) is 7. The molecule has 0 bridgehead atoms. The lowest BCUT2D eigenvalue weighted by Gasteiger charge is -2.41. The van der Waals surface area contributed by atoms with Crippen LogP contribution in [0, 0.1) is 11.3 Å². The first-order valence-corrected chi connectivity index (χ1v) is 13.3. The number of esters is 1. The summed E-state index contributed by atoms with van der Waals surface area (Å²) in [5.41, 5.74) is 5.05. The minimum absolute atomic E-state index is 0.0249. The molecule has 2 amide bonds. The van der Waals surface area contributed by atoms with Crippen molar-refractivity contribution in [2.24, 2.45) is 17.1 Å². The van der Waals surface area contributed by atoms with Crippen LogP contribution in [0.1, 0.15) is 73.6 Å². The molecule has 1 aliphatic rings. The number of rotatable bonds is 13. The Balaban J connectivity index is 2.06. The SMILES string of the molecule is CCCCNC(=O)[C@H](C)C[C@H](O)[C@@H](N)CC(C)(C)CC(=O)N1C[C@](C)(C(=O)OCC)Oc2ccccc21. The molecule has 4 N–H and O–H groups in total. The van der Waals surface area contributed by atoms with Crippen molar-refractivity contribution < 1.29 is 29.0 Å². The first kappa shape index (κ1) is 30.6. The number of anilines is 1. The quantitative estimate of drug-likeness (QED) is 0.269. The average Bonchev–Trinajstić information content (AvgIpc) is 2.82. The summed E-state index contributed by atoms with van der Waals surface area (Å²) in [4.78, 5) is 40.0. The Labute approximate surface area is 221 Å². The molecule has 37 heavy (non-hydrogen) atoms. The summed E-state index contributed by atoms with van der Waals surface area (Å²) in [5.74, 6) is -0.729. The number of nitrogens with one attached hydrogen (secondary N) is 1. The normalized spacial score (nSPS) is 19.7. The molecule has 4 atom stereocenters. The second kappa shape index (κ2) is 13.2. The number of aliphatic hydroxyl groups excluding tert-OH is 1. The molecule has 1 heterocycles. The second-order valence-electron chi connectivity index (χ2n) is 11.1. The zero-order chi connectivity index (χ0) is 27.8. The number of para-hydroxylation sites is 2. The lowest BCUT2D eigenvalue weighted by atomic mass is 9.79. The largest absolute Gasteiger partial charge is 0.472 e. The predicted octanol–water partition coefficient (Wildman–Crippen LogP) is 3.17. The maximum Gasteiger partial charge on any atom is 0.352 e. The van der Waals surface area contributed by atoms with Crippen molar-refractivity contribution >= 4 is 23.5 Å². The maximum atomic E-state index is 13.6. The Kier molecular flexibility index (Phi) is 10.9. The van der Waals surface area contributed by atoms with E-state index in [0.717, 1.165) is 12.8 Å². The smallest absolute Gasteiger partial charge is 0.352 e. The molecule has 0 spiro atoms. The summed E-state index contributed by atoms with van der Waals surface area (Å²) >= 11 is 0. The van der Waals surface area contributed by atoms with Crippen LogP contribution < -0.4 is 20.7 Å². The Morgan fingerprint density at radius 1 is 1.27 bits per heavy atom. The van der Waals surface area contributed by atoms with Crippen molar-refractivity contribution in [2.75, 3.05) is 24.6 Å². The number of hydrogen-bond donors (Lipinski definition) is 3. The molecule has 0 unspecified atom stereocenters. The van der Waals surface area contributed by atoms with E-state index in [4.69, 9.17) is 15.2 Å². The molecule has 1 aromatic carbocycles. The highest BCUT2D eigenvalue weighted by atomic mass is 16.6. The number of benzene rings is 1. The minimum Gasteiger partial charge on any atom is -0.472 e. The monoisotopic (exact) mass is 519 g/mol. The van der Waals surface area contributed by atoms with Gasteiger partial charge in [-0.1, -0.05) is 46.2 Å². The summed E-state index contributed by atoms with van der Waals surface area (Å²) in [6.45, 7) is 11.9. The van der Waals surface area contributed by atoms with Crippen molar-refractivity contribution in [2.45, 2.75) is 91.4 Å². The molecule has 208 valence electrons. The number of ether oxygens (including phenoxy) is 2. The number of nitrogens with two attached hydrogens (primary N) is 1. The molecular formula is C28H45N3O6. The van der Waals surface area contributed by atoms with Gasteiger partial charge >= 0.3 is 5.97 Å². The highest BCUT2D eigenvalue weighted by Crippen LogP contribution is 2.39. The number of nitrogens with zero attached hydrogens (tertiary/aromatic N) is 1. The first-order valence-electron chi connectivity index (χ1n) is 13.3. The van der Waals surface area contributed by atoms with Gasteiger partial charge in [-0.15, -0.1) is 0 Å². The summed E-state index contributed by atoms with van der Waals surface area (Å²) in [6.07, 6.45) is 1.80. The van der Waals surface area contributed by atoms with Gasteiger partial charge in [0, 0.05) is 24.9 Å². The summed E-state index contributed by atoms with van der Waals surface area (Å²) in [5, 5.41) is 13.6. The second-order valence-corrected chi connectivity index (χ2v) is 11.1. The van der Waals surface area contributed by atoms with E-state index in [1.165, 1.54) is 0 Å². The Morgan fingerprint density at radius 2 is 1.95 bits per heavy atom. The van der Waals surface area contributed by atoms with Crippen molar-refractivity contribution in [3.8, 4) is 5.75 Å². The maximum absolute atomic E-state index is 13.6. The van der Waals surface area contributed by atoms with E-state index in [9.17, 15) is 19.5 Å². The van der Waals surface area contributed by atoms with E-state index < -0.39 is 29.1 Å². The standard InChI is InChI=1S/C28H45N3O6/c1-7-9-14-30-25(34)19(3)15-22(32)20(29)16-27(4,5)17-24(33)31-18-28(6,26(35)36-8-2)37-23-13-11-10-12-21(23)31/h10-13,19-20,22,32H,7-9,14-18,29H2,1-6H3,(H,30,34)/t19-,20+,22+,28-/m1/s1. The van der Waals surface area contributed by atoms with E-state index in [0.29, 0.717) is 24.4 Å². The van der Waals surface area contributed by atoms with Crippen molar-refractivity contribution in [1.29, 1.82) is 0 Å². The lowest BCUT2D eigenvalue weighted by molar-refractivity contribution is -0.160. The van der Waals surface area contributed by atoms with Crippen LogP contribution in [0.2, 0.25) is 0 Å². The van der Waals surface area contributed by atoms with Gasteiger partial charge < -0.3 is 30.5 Å². The van der Waals surface area contributed by atoms with Crippen molar-refractivity contribution in [3.63, 3.8) is 0 Å². The van der Waals surface area contributed by atoms with Gasteiger partial charge in [0.15, 0.2) is 0 Å². The topological polar surface area (TPSA) is 131 Å². The Hall–Kier alpha value is -2.65. The molecule has 1 aromatic rings. The van der Waals surface area contributed by atoms with E-state index in [1.807, 2.05) is 19.9 Å². The third-order valence-electron chi connectivity index (χ3n) is 6.74. The Morgan fingerprint density at radius 3 is 2.59 bits per heavy atom. The van der Waals surface area contributed by atoms with Gasteiger partial charge in [0.25, 0.3) is 0 Å². The van der Waals surface area contributed by atoms with E-state index >= 15 is 0 Å². The molecule has 0 saturated heterocycles.